The Kier molecular flexibility index (Phi) is 25.3. The monoisotopic (exact) mass is 706 g/mol. The quantitative estimate of drug-likeness (QED) is 0.0292. The summed E-state index contributed by atoms with van der Waals surface area (Å²) in [6.45, 7) is 9.34. The number of aliphatic carboxylic acids is 2. The minimum absolute atomic E-state index is 0.108. The molecule has 0 saturated carbocycles. The number of carbonyl (C=O) groups is 6. The Balaban J connectivity index is 5.34. The molecule has 0 saturated heterocycles. The van der Waals surface area contributed by atoms with Gasteiger partial charge in [0.25, 0.3) is 0 Å². The van der Waals surface area contributed by atoms with Crippen LogP contribution in [0, 0.1) is 11.8 Å². The standard InChI is InChI=1S/C38H58O12/c1-27(37(43)44)13-9-17-35(25-49-31(5)41)21-11-19-33(23-47-29(3)39)15-7-8-16-34(24-48-30(4)40)20-12-22-36(26-50-32(6)42)18-10-14-28(2)38(45)46/h13-14,21-22,33-34H,7-12,15-20,23-26H2,1-6H3,(H,43,44)(H,45,46)/t33-,34-/m1/s1. The van der Waals surface area contributed by atoms with Gasteiger partial charge in [0, 0.05) is 38.8 Å². The Morgan fingerprint density at radius 2 is 0.820 bits per heavy atom. The number of esters is 4. The molecule has 0 aromatic carbocycles. The molecule has 2 N–H and O–H groups in total. The van der Waals surface area contributed by atoms with E-state index in [1.807, 2.05) is 12.2 Å². The molecule has 0 heterocycles. The van der Waals surface area contributed by atoms with E-state index in [4.69, 9.17) is 29.2 Å². The van der Waals surface area contributed by atoms with Crippen molar-refractivity contribution < 1.29 is 57.9 Å². The van der Waals surface area contributed by atoms with Crippen LogP contribution in [0.5, 0.6) is 0 Å². The van der Waals surface area contributed by atoms with Crippen molar-refractivity contribution in [1.82, 2.24) is 0 Å². The van der Waals surface area contributed by atoms with Crippen molar-refractivity contribution in [2.24, 2.45) is 11.8 Å². The van der Waals surface area contributed by atoms with Gasteiger partial charge >= 0.3 is 35.8 Å². The van der Waals surface area contributed by atoms with E-state index in [1.54, 1.807) is 12.2 Å². The van der Waals surface area contributed by atoms with Crippen LogP contribution >= 0.6 is 0 Å². The van der Waals surface area contributed by atoms with Gasteiger partial charge in [-0.1, -0.05) is 37.1 Å². The lowest BCUT2D eigenvalue weighted by Gasteiger charge is -2.19. The Morgan fingerprint density at radius 1 is 0.480 bits per heavy atom. The fraction of sp³-hybridized carbons (Fsp3) is 0.632. The van der Waals surface area contributed by atoms with Crippen molar-refractivity contribution in [2.45, 2.75) is 119 Å². The molecule has 0 unspecified atom stereocenters. The van der Waals surface area contributed by atoms with Crippen LogP contribution in [-0.2, 0) is 47.7 Å². The van der Waals surface area contributed by atoms with E-state index in [9.17, 15) is 28.8 Å². The molecule has 0 aromatic heterocycles. The summed E-state index contributed by atoms with van der Waals surface area (Å²) >= 11 is 0. The summed E-state index contributed by atoms with van der Waals surface area (Å²) < 4.78 is 21.1. The molecule has 0 bridgehead atoms. The van der Waals surface area contributed by atoms with Crippen molar-refractivity contribution in [3.05, 3.63) is 46.6 Å². The summed E-state index contributed by atoms with van der Waals surface area (Å²) in [5.41, 5.74) is 2.30. The third-order valence-electron chi connectivity index (χ3n) is 7.96. The van der Waals surface area contributed by atoms with E-state index in [-0.39, 0.29) is 61.3 Å². The summed E-state index contributed by atoms with van der Waals surface area (Å²) in [5.74, 6) is -3.22. The number of ether oxygens (including phenoxy) is 4. The maximum atomic E-state index is 11.6. The highest BCUT2D eigenvalue weighted by Gasteiger charge is 2.14. The van der Waals surface area contributed by atoms with Crippen LogP contribution in [0.25, 0.3) is 0 Å². The molecule has 0 aliphatic heterocycles. The molecule has 0 rings (SSSR count). The zero-order valence-electron chi connectivity index (χ0n) is 30.8. The number of carbonyl (C=O) groups excluding carboxylic acids is 4. The van der Waals surface area contributed by atoms with Crippen molar-refractivity contribution >= 4 is 35.8 Å². The molecular weight excluding hydrogens is 648 g/mol. The van der Waals surface area contributed by atoms with E-state index < -0.39 is 23.9 Å². The summed E-state index contributed by atoms with van der Waals surface area (Å²) in [6, 6.07) is 0. The number of carboxylic acid groups (broad SMARTS) is 2. The fourth-order valence-corrected chi connectivity index (χ4v) is 4.98. The zero-order chi connectivity index (χ0) is 37.9. The highest BCUT2D eigenvalue weighted by molar-refractivity contribution is 5.86. The number of carboxylic acids is 2. The van der Waals surface area contributed by atoms with Crippen LogP contribution in [0.15, 0.2) is 46.6 Å². The van der Waals surface area contributed by atoms with Gasteiger partial charge in [-0.05, 0) is 101 Å². The number of rotatable bonds is 27. The smallest absolute Gasteiger partial charge is 0.330 e. The predicted octanol–water partition coefficient (Wildman–Crippen LogP) is 7.07. The van der Waals surface area contributed by atoms with Gasteiger partial charge < -0.3 is 29.2 Å². The van der Waals surface area contributed by atoms with E-state index in [2.05, 4.69) is 0 Å². The molecule has 12 nitrogen and oxygen atoms in total. The second-order valence-corrected chi connectivity index (χ2v) is 12.5. The molecule has 2 atom stereocenters. The Bertz CT molecular complexity index is 1130. The number of hydrogen-bond donors (Lipinski definition) is 2. The first-order valence-electron chi connectivity index (χ1n) is 17.3. The lowest BCUT2D eigenvalue weighted by Crippen LogP contribution is -2.14. The SMILES string of the molecule is CC(=O)OCC(=CCC[C@@H](CCCC[C@H](CCC=C(CCC=C(C)C(=O)O)COC(C)=O)COC(C)=O)COC(C)=O)CCC=C(C)C(=O)O. The molecular formula is C38H58O12. The van der Waals surface area contributed by atoms with Crippen LogP contribution < -0.4 is 0 Å². The molecule has 0 aliphatic carbocycles. The maximum absolute atomic E-state index is 11.6. The molecule has 0 fully saturated rings. The summed E-state index contributed by atoms with van der Waals surface area (Å²) in [7, 11) is 0. The van der Waals surface area contributed by atoms with Gasteiger partial charge in [-0.15, -0.1) is 0 Å². The Morgan fingerprint density at radius 3 is 1.12 bits per heavy atom. The highest BCUT2D eigenvalue weighted by Crippen LogP contribution is 2.23. The highest BCUT2D eigenvalue weighted by atomic mass is 16.5. The van der Waals surface area contributed by atoms with Crippen molar-refractivity contribution in [1.29, 1.82) is 0 Å². The van der Waals surface area contributed by atoms with Crippen molar-refractivity contribution in [3.8, 4) is 0 Å². The molecule has 0 spiro atoms. The van der Waals surface area contributed by atoms with Crippen molar-refractivity contribution in [3.63, 3.8) is 0 Å². The molecule has 12 heteroatoms. The summed E-state index contributed by atoms with van der Waals surface area (Å²) in [6.07, 6.45) is 15.6. The normalized spacial score (nSPS) is 13.6. The Labute approximate surface area is 296 Å². The van der Waals surface area contributed by atoms with E-state index in [1.165, 1.54) is 41.5 Å². The first-order chi connectivity index (χ1) is 23.6. The number of hydrogen-bond acceptors (Lipinski definition) is 10. The maximum Gasteiger partial charge on any atom is 0.330 e. The summed E-state index contributed by atoms with van der Waals surface area (Å²) in [5, 5.41) is 18.2. The molecule has 0 radical (unpaired) electrons. The second-order valence-electron chi connectivity index (χ2n) is 12.5. The average molecular weight is 707 g/mol. The average Bonchev–Trinajstić information content (AvgIpc) is 3.03. The molecule has 0 amide bonds. The minimum Gasteiger partial charge on any atom is -0.478 e. The third kappa shape index (κ3) is 26.7. The van der Waals surface area contributed by atoms with Crippen LogP contribution in [0.3, 0.4) is 0 Å². The van der Waals surface area contributed by atoms with Gasteiger partial charge in [0.1, 0.15) is 13.2 Å². The van der Waals surface area contributed by atoms with Gasteiger partial charge in [-0.25, -0.2) is 9.59 Å². The van der Waals surface area contributed by atoms with Gasteiger partial charge in [-0.3, -0.25) is 19.2 Å². The van der Waals surface area contributed by atoms with Crippen LogP contribution in [-0.4, -0.2) is 72.5 Å². The Hall–Kier alpha value is -4.22. The van der Waals surface area contributed by atoms with Crippen LogP contribution in [0.1, 0.15) is 119 Å². The van der Waals surface area contributed by atoms with Gasteiger partial charge in [0.2, 0.25) is 0 Å². The molecule has 50 heavy (non-hydrogen) atoms. The van der Waals surface area contributed by atoms with E-state index >= 15 is 0 Å². The van der Waals surface area contributed by atoms with E-state index in [0.29, 0.717) is 38.5 Å². The largest absolute Gasteiger partial charge is 0.478 e. The predicted molar refractivity (Wildman–Crippen MR) is 188 cm³/mol. The topological polar surface area (TPSA) is 180 Å². The zero-order valence-corrected chi connectivity index (χ0v) is 30.8. The third-order valence-corrected chi connectivity index (χ3v) is 7.96. The van der Waals surface area contributed by atoms with E-state index in [0.717, 1.165) is 49.7 Å². The van der Waals surface area contributed by atoms with Gasteiger partial charge in [0.05, 0.1) is 13.2 Å². The van der Waals surface area contributed by atoms with Crippen LogP contribution in [0.2, 0.25) is 0 Å². The van der Waals surface area contributed by atoms with Gasteiger partial charge in [-0.2, -0.15) is 0 Å². The minimum atomic E-state index is -0.974. The molecule has 0 aliphatic rings. The lowest BCUT2D eigenvalue weighted by atomic mass is 9.92. The first kappa shape index (κ1) is 45.8. The van der Waals surface area contributed by atoms with Crippen molar-refractivity contribution in [2.75, 3.05) is 26.4 Å². The van der Waals surface area contributed by atoms with Gasteiger partial charge in [0.15, 0.2) is 0 Å². The number of allylic oxidation sites excluding steroid dienone is 4. The second kappa shape index (κ2) is 27.6. The summed E-state index contributed by atoms with van der Waals surface area (Å²) in [4.78, 5) is 68.1. The fourth-order valence-electron chi connectivity index (χ4n) is 4.98. The first-order valence-corrected chi connectivity index (χ1v) is 17.3. The van der Waals surface area contributed by atoms with Crippen LogP contribution in [0.4, 0.5) is 0 Å². The molecule has 282 valence electrons. The number of unbranched alkanes of at least 4 members (excludes halogenated alkanes) is 1. The lowest BCUT2D eigenvalue weighted by molar-refractivity contribution is -0.143. The molecule has 0 aromatic rings.